The van der Waals surface area contributed by atoms with Crippen LogP contribution in [0.5, 0.6) is 0 Å². The first-order valence-electron chi connectivity index (χ1n) is 5.73. The number of benzene rings is 1. The van der Waals surface area contributed by atoms with Crippen molar-refractivity contribution in [2.75, 3.05) is 27.4 Å². The van der Waals surface area contributed by atoms with Gasteiger partial charge >= 0.3 is 0 Å². The molecule has 0 saturated heterocycles. The van der Waals surface area contributed by atoms with Gasteiger partial charge in [-0.3, -0.25) is 10.1 Å². The van der Waals surface area contributed by atoms with E-state index in [1.807, 2.05) is 0 Å². The fourth-order valence-corrected chi connectivity index (χ4v) is 1.64. The predicted octanol–water partition coefficient (Wildman–Crippen LogP) is 1.48. The van der Waals surface area contributed by atoms with Crippen molar-refractivity contribution in [2.24, 2.45) is 0 Å². The smallest absolute Gasteiger partial charge is 0.274 e. The molecule has 0 heterocycles. The summed E-state index contributed by atoms with van der Waals surface area (Å²) in [6, 6.07) is 3.39. The highest BCUT2D eigenvalue weighted by Gasteiger charge is 2.14. The Kier molecular flexibility index (Phi) is 6.34. The second-order valence-electron chi connectivity index (χ2n) is 3.97. The Morgan fingerprint density at radius 1 is 1.47 bits per heavy atom. The number of nitro benzene ring substituents is 1. The van der Waals surface area contributed by atoms with Crippen molar-refractivity contribution in [3.05, 3.63) is 39.7 Å². The average Bonchev–Trinajstić information content (AvgIpc) is 2.37. The third kappa shape index (κ3) is 4.90. The molecule has 0 radical (unpaired) electrons. The highest BCUT2D eigenvalue weighted by atomic mass is 19.1. The average molecular weight is 272 g/mol. The van der Waals surface area contributed by atoms with Crippen molar-refractivity contribution in [3.8, 4) is 0 Å². The number of nitrogens with one attached hydrogen (secondary N) is 1. The van der Waals surface area contributed by atoms with Crippen LogP contribution in [0.3, 0.4) is 0 Å². The van der Waals surface area contributed by atoms with Gasteiger partial charge in [0.15, 0.2) is 0 Å². The van der Waals surface area contributed by atoms with Gasteiger partial charge in [-0.1, -0.05) is 0 Å². The van der Waals surface area contributed by atoms with Gasteiger partial charge in [0.2, 0.25) is 0 Å². The van der Waals surface area contributed by atoms with Gasteiger partial charge in [0, 0.05) is 38.9 Å². The first-order chi connectivity index (χ1) is 9.08. The number of halogens is 1. The Morgan fingerprint density at radius 3 is 2.79 bits per heavy atom. The Bertz CT molecular complexity index is 428. The molecule has 0 aliphatic rings. The zero-order chi connectivity index (χ0) is 14.3. The molecule has 0 fully saturated rings. The van der Waals surface area contributed by atoms with E-state index in [0.717, 1.165) is 18.2 Å². The second kappa shape index (κ2) is 7.78. The standard InChI is InChI=1S/C12H17FN2O4/c1-18-8-11(19-2)7-14-6-9-5-10(13)3-4-12(9)15(16)17/h3-5,11,14H,6-8H2,1-2H3. The molecule has 1 aromatic rings. The molecule has 1 N–H and O–H groups in total. The summed E-state index contributed by atoms with van der Waals surface area (Å²) in [5.74, 6) is -0.498. The van der Waals surface area contributed by atoms with Crippen molar-refractivity contribution in [2.45, 2.75) is 12.6 Å². The number of methoxy groups -OCH3 is 2. The Hall–Kier alpha value is -1.57. The zero-order valence-electron chi connectivity index (χ0n) is 10.9. The van der Waals surface area contributed by atoms with Crippen LogP contribution in [0.15, 0.2) is 18.2 Å². The molecule has 0 spiro atoms. The quantitative estimate of drug-likeness (QED) is 0.573. The van der Waals surface area contributed by atoms with E-state index in [-0.39, 0.29) is 18.3 Å². The van der Waals surface area contributed by atoms with Crippen molar-refractivity contribution in [1.29, 1.82) is 0 Å². The fraction of sp³-hybridized carbons (Fsp3) is 0.500. The van der Waals surface area contributed by atoms with Crippen molar-refractivity contribution in [3.63, 3.8) is 0 Å². The van der Waals surface area contributed by atoms with Crippen LogP contribution in [-0.2, 0) is 16.0 Å². The number of hydrogen-bond acceptors (Lipinski definition) is 5. The van der Waals surface area contributed by atoms with Crippen LogP contribution in [0, 0.1) is 15.9 Å². The maximum atomic E-state index is 13.1. The minimum absolute atomic E-state index is 0.102. The molecular formula is C12H17FN2O4. The van der Waals surface area contributed by atoms with Crippen LogP contribution in [0.2, 0.25) is 0 Å². The summed E-state index contributed by atoms with van der Waals surface area (Å²) in [4.78, 5) is 10.3. The molecule has 19 heavy (non-hydrogen) atoms. The number of nitrogens with zero attached hydrogens (tertiary/aromatic N) is 1. The van der Waals surface area contributed by atoms with Crippen LogP contribution in [0.25, 0.3) is 0 Å². The number of ether oxygens (including phenoxy) is 2. The lowest BCUT2D eigenvalue weighted by molar-refractivity contribution is -0.385. The van der Waals surface area contributed by atoms with Gasteiger partial charge in [0.25, 0.3) is 5.69 Å². The van der Waals surface area contributed by atoms with Gasteiger partial charge in [0.1, 0.15) is 5.82 Å². The maximum absolute atomic E-state index is 13.1. The minimum atomic E-state index is -0.528. The number of rotatable bonds is 8. The Morgan fingerprint density at radius 2 is 2.21 bits per heavy atom. The topological polar surface area (TPSA) is 73.6 Å². The van der Waals surface area contributed by atoms with Crippen molar-refractivity contribution >= 4 is 5.69 Å². The van der Waals surface area contributed by atoms with Gasteiger partial charge in [-0.2, -0.15) is 0 Å². The summed E-state index contributed by atoms with van der Waals surface area (Å²) in [6.45, 7) is 1.06. The molecule has 1 rings (SSSR count). The van der Waals surface area contributed by atoms with Crippen LogP contribution < -0.4 is 5.32 Å². The molecule has 0 aliphatic carbocycles. The zero-order valence-corrected chi connectivity index (χ0v) is 10.9. The summed E-state index contributed by atoms with van der Waals surface area (Å²) in [5.41, 5.74) is 0.201. The molecular weight excluding hydrogens is 255 g/mol. The number of hydrogen-bond donors (Lipinski definition) is 1. The normalized spacial score (nSPS) is 12.4. The van der Waals surface area contributed by atoms with E-state index in [1.54, 1.807) is 14.2 Å². The minimum Gasteiger partial charge on any atom is -0.382 e. The van der Waals surface area contributed by atoms with Crippen molar-refractivity contribution < 1.29 is 18.8 Å². The summed E-state index contributed by atoms with van der Waals surface area (Å²) < 4.78 is 23.2. The molecule has 1 aromatic carbocycles. The van der Waals surface area contributed by atoms with E-state index in [0.29, 0.717) is 18.7 Å². The maximum Gasteiger partial charge on any atom is 0.274 e. The van der Waals surface area contributed by atoms with Crippen LogP contribution in [0.4, 0.5) is 10.1 Å². The molecule has 0 bridgehead atoms. The molecule has 106 valence electrons. The van der Waals surface area contributed by atoms with Gasteiger partial charge in [-0.15, -0.1) is 0 Å². The summed E-state index contributed by atoms with van der Waals surface area (Å²) in [6.07, 6.45) is -0.155. The van der Waals surface area contributed by atoms with Crippen LogP contribution in [-0.4, -0.2) is 38.4 Å². The fourth-order valence-electron chi connectivity index (χ4n) is 1.64. The molecule has 0 amide bonds. The van der Waals surface area contributed by atoms with E-state index < -0.39 is 10.7 Å². The molecule has 6 nitrogen and oxygen atoms in total. The van der Waals surface area contributed by atoms with Crippen molar-refractivity contribution in [1.82, 2.24) is 5.32 Å². The molecule has 0 saturated carbocycles. The predicted molar refractivity (Wildman–Crippen MR) is 67.4 cm³/mol. The van der Waals surface area contributed by atoms with Gasteiger partial charge in [-0.05, 0) is 12.1 Å². The second-order valence-corrected chi connectivity index (χ2v) is 3.97. The van der Waals surface area contributed by atoms with Crippen LogP contribution >= 0.6 is 0 Å². The SMILES string of the molecule is COCC(CNCc1cc(F)ccc1[N+](=O)[O-])OC. The third-order valence-corrected chi connectivity index (χ3v) is 2.61. The highest BCUT2D eigenvalue weighted by Crippen LogP contribution is 2.19. The molecule has 0 aromatic heterocycles. The van der Waals surface area contributed by atoms with Gasteiger partial charge in [0.05, 0.1) is 17.6 Å². The summed E-state index contributed by atoms with van der Waals surface area (Å²) in [5, 5.41) is 13.8. The highest BCUT2D eigenvalue weighted by molar-refractivity contribution is 5.40. The first kappa shape index (κ1) is 15.5. The molecule has 1 unspecified atom stereocenters. The van der Waals surface area contributed by atoms with Gasteiger partial charge in [-0.25, -0.2) is 4.39 Å². The van der Waals surface area contributed by atoms with E-state index in [2.05, 4.69) is 5.32 Å². The Labute approximate surface area is 110 Å². The summed E-state index contributed by atoms with van der Waals surface area (Å²) in [7, 11) is 3.11. The lowest BCUT2D eigenvalue weighted by atomic mass is 10.1. The van der Waals surface area contributed by atoms with E-state index in [1.165, 1.54) is 0 Å². The van der Waals surface area contributed by atoms with E-state index in [9.17, 15) is 14.5 Å². The van der Waals surface area contributed by atoms with E-state index >= 15 is 0 Å². The molecule has 0 aliphatic heterocycles. The Balaban J connectivity index is 2.61. The van der Waals surface area contributed by atoms with Gasteiger partial charge < -0.3 is 14.8 Å². The largest absolute Gasteiger partial charge is 0.382 e. The lowest BCUT2D eigenvalue weighted by Gasteiger charge is -2.15. The molecule has 7 heteroatoms. The van der Waals surface area contributed by atoms with E-state index in [4.69, 9.17) is 9.47 Å². The third-order valence-electron chi connectivity index (χ3n) is 2.61. The number of nitro groups is 1. The summed E-state index contributed by atoms with van der Waals surface area (Å²) >= 11 is 0. The van der Waals surface area contributed by atoms with Crippen LogP contribution in [0.1, 0.15) is 5.56 Å². The lowest BCUT2D eigenvalue weighted by Crippen LogP contribution is -2.31. The molecule has 1 atom stereocenters. The first-order valence-corrected chi connectivity index (χ1v) is 5.73. The monoisotopic (exact) mass is 272 g/mol.